The molecule has 17 heavy (non-hydrogen) atoms. The number of nitrogens with zero attached hydrogens (tertiary/aromatic N) is 4. The smallest absolute Gasteiger partial charge is 0.338 e. The first-order chi connectivity index (χ1) is 8.15. The molecule has 1 aromatic heterocycles. The van der Waals surface area contributed by atoms with Gasteiger partial charge >= 0.3 is 5.97 Å². The molecule has 0 aliphatic carbocycles. The summed E-state index contributed by atoms with van der Waals surface area (Å²) in [4.78, 5) is 23.3. The normalized spacial score (nSPS) is 18.2. The standard InChI is InChI=1S/C11H16N4O2/c1-14-2-4-15(5-3-14)8-10-12-6-9(7-13-10)11(16)17/h6-7H,2-5,8H2,1H3,(H,16,17). The minimum absolute atomic E-state index is 0.132. The molecule has 2 rings (SSSR count). The third-order valence-corrected chi connectivity index (χ3v) is 2.91. The molecule has 0 unspecified atom stereocenters. The lowest BCUT2D eigenvalue weighted by molar-refractivity contribution is 0.0695. The number of aromatic nitrogens is 2. The van der Waals surface area contributed by atoms with Crippen LogP contribution < -0.4 is 0 Å². The highest BCUT2D eigenvalue weighted by molar-refractivity contribution is 5.86. The SMILES string of the molecule is CN1CCN(Cc2ncc(C(=O)O)cn2)CC1. The number of carbonyl (C=O) groups is 1. The van der Waals surface area contributed by atoms with Gasteiger partial charge in [-0.1, -0.05) is 0 Å². The number of rotatable bonds is 3. The fourth-order valence-electron chi connectivity index (χ4n) is 1.75. The largest absolute Gasteiger partial charge is 0.478 e. The first-order valence-corrected chi connectivity index (χ1v) is 5.60. The molecule has 0 amide bonds. The highest BCUT2D eigenvalue weighted by Crippen LogP contribution is 2.04. The zero-order valence-corrected chi connectivity index (χ0v) is 9.83. The van der Waals surface area contributed by atoms with Crippen LogP contribution in [0.1, 0.15) is 16.2 Å². The van der Waals surface area contributed by atoms with Crippen molar-refractivity contribution in [2.24, 2.45) is 0 Å². The second-order valence-corrected chi connectivity index (χ2v) is 4.27. The average molecular weight is 236 g/mol. The Morgan fingerprint density at radius 1 is 1.29 bits per heavy atom. The summed E-state index contributed by atoms with van der Waals surface area (Å²) in [6, 6.07) is 0. The van der Waals surface area contributed by atoms with Crippen LogP contribution in [0, 0.1) is 0 Å². The maximum atomic E-state index is 10.6. The Balaban J connectivity index is 1.92. The fourth-order valence-corrected chi connectivity index (χ4v) is 1.75. The first kappa shape index (κ1) is 11.9. The van der Waals surface area contributed by atoms with E-state index in [9.17, 15) is 4.79 Å². The van der Waals surface area contributed by atoms with Gasteiger partial charge in [-0.15, -0.1) is 0 Å². The van der Waals surface area contributed by atoms with Crippen molar-refractivity contribution in [1.29, 1.82) is 0 Å². The summed E-state index contributed by atoms with van der Waals surface area (Å²) in [5, 5.41) is 8.73. The van der Waals surface area contributed by atoms with Crippen LogP contribution in [-0.2, 0) is 6.54 Å². The minimum Gasteiger partial charge on any atom is -0.478 e. The molecular weight excluding hydrogens is 220 g/mol. The van der Waals surface area contributed by atoms with Crippen LogP contribution >= 0.6 is 0 Å². The Morgan fingerprint density at radius 2 is 1.88 bits per heavy atom. The molecule has 0 spiro atoms. The number of hydrogen-bond acceptors (Lipinski definition) is 5. The highest BCUT2D eigenvalue weighted by Gasteiger charge is 2.15. The van der Waals surface area contributed by atoms with Crippen molar-refractivity contribution in [3.8, 4) is 0 Å². The van der Waals surface area contributed by atoms with E-state index in [1.54, 1.807) is 0 Å². The molecule has 1 aliphatic heterocycles. The number of piperazine rings is 1. The topological polar surface area (TPSA) is 69.6 Å². The predicted octanol–water partition coefficient (Wildman–Crippen LogP) is -0.0778. The van der Waals surface area contributed by atoms with E-state index < -0.39 is 5.97 Å². The molecule has 0 radical (unpaired) electrons. The van der Waals surface area contributed by atoms with Crippen molar-refractivity contribution in [3.05, 3.63) is 23.8 Å². The maximum Gasteiger partial charge on any atom is 0.338 e. The van der Waals surface area contributed by atoms with Gasteiger partial charge in [-0.05, 0) is 7.05 Å². The number of carboxylic acid groups (broad SMARTS) is 1. The average Bonchev–Trinajstić information content (AvgIpc) is 2.33. The van der Waals surface area contributed by atoms with Crippen LogP contribution in [-0.4, -0.2) is 64.1 Å². The molecule has 1 N–H and O–H groups in total. The lowest BCUT2D eigenvalue weighted by atomic mass is 10.3. The molecule has 0 aromatic carbocycles. The van der Waals surface area contributed by atoms with Crippen LogP contribution in [0.4, 0.5) is 0 Å². The predicted molar refractivity (Wildman–Crippen MR) is 61.8 cm³/mol. The van der Waals surface area contributed by atoms with E-state index >= 15 is 0 Å². The Hall–Kier alpha value is -1.53. The summed E-state index contributed by atoms with van der Waals surface area (Å²) in [5.74, 6) is -0.310. The van der Waals surface area contributed by atoms with Gasteiger partial charge in [0.1, 0.15) is 5.82 Å². The number of likely N-dealkylation sites (N-methyl/N-ethyl adjacent to an activating group) is 1. The molecule has 1 fully saturated rings. The van der Waals surface area contributed by atoms with Crippen LogP contribution in [0.5, 0.6) is 0 Å². The molecular formula is C11H16N4O2. The third kappa shape index (κ3) is 3.21. The fraction of sp³-hybridized carbons (Fsp3) is 0.545. The van der Waals surface area contributed by atoms with E-state index in [2.05, 4.69) is 26.8 Å². The van der Waals surface area contributed by atoms with Gasteiger partial charge < -0.3 is 10.0 Å². The lowest BCUT2D eigenvalue weighted by Crippen LogP contribution is -2.44. The van der Waals surface area contributed by atoms with Gasteiger partial charge in [0, 0.05) is 38.6 Å². The van der Waals surface area contributed by atoms with E-state index in [1.807, 2.05) is 0 Å². The highest BCUT2D eigenvalue weighted by atomic mass is 16.4. The second-order valence-electron chi connectivity index (χ2n) is 4.27. The Bertz CT molecular complexity index is 385. The molecule has 6 nitrogen and oxygen atoms in total. The van der Waals surface area contributed by atoms with Crippen molar-refractivity contribution in [1.82, 2.24) is 19.8 Å². The summed E-state index contributed by atoms with van der Waals surface area (Å²) in [6.45, 7) is 4.79. The van der Waals surface area contributed by atoms with Gasteiger partial charge in [0.25, 0.3) is 0 Å². The summed E-state index contributed by atoms with van der Waals surface area (Å²) >= 11 is 0. The van der Waals surface area contributed by atoms with Gasteiger partial charge in [0.05, 0.1) is 12.1 Å². The summed E-state index contributed by atoms with van der Waals surface area (Å²) in [7, 11) is 2.11. The molecule has 0 saturated carbocycles. The second kappa shape index (κ2) is 5.20. The number of aromatic carboxylic acids is 1. The monoisotopic (exact) mass is 236 g/mol. The van der Waals surface area contributed by atoms with Crippen molar-refractivity contribution < 1.29 is 9.90 Å². The number of carboxylic acids is 1. The molecule has 0 atom stereocenters. The van der Waals surface area contributed by atoms with Gasteiger partial charge in [-0.25, -0.2) is 14.8 Å². The molecule has 1 saturated heterocycles. The van der Waals surface area contributed by atoms with Gasteiger partial charge in [0.15, 0.2) is 0 Å². The van der Waals surface area contributed by atoms with Crippen LogP contribution in [0.15, 0.2) is 12.4 Å². The molecule has 0 bridgehead atoms. The summed E-state index contributed by atoms with van der Waals surface area (Å²) in [5.41, 5.74) is 0.132. The maximum absolute atomic E-state index is 10.6. The van der Waals surface area contributed by atoms with Crippen molar-refractivity contribution in [3.63, 3.8) is 0 Å². The van der Waals surface area contributed by atoms with Crippen LogP contribution in [0.3, 0.4) is 0 Å². The quantitative estimate of drug-likeness (QED) is 0.791. The van der Waals surface area contributed by atoms with Gasteiger partial charge in [0.2, 0.25) is 0 Å². The third-order valence-electron chi connectivity index (χ3n) is 2.91. The van der Waals surface area contributed by atoms with E-state index in [4.69, 9.17) is 5.11 Å². The van der Waals surface area contributed by atoms with Crippen molar-refractivity contribution in [2.75, 3.05) is 33.2 Å². The lowest BCUT2D eigenvalue weighted by Gasteiger charge is -2.31. The van der Waals surface area contributed by atoms with Gasteiger partial charge in [-0.2, -0.15) is 0 Å². The summed E-state index contributed by atoms with van der Waals surface area (Å²) < 4.78 is 0. The van der Waals surface area contributed by atoms with Crippen LogP contribution in [0.2, 0.25) is 0 Å². The van der Waals surface area contributed by atoms with Crippen LogP contribution in [0.25, 0.3) is 0 Å². The zero-order chi connectivity index (χ0) is 12.3. The summed E-state index contributed by atoms with van der Waals surface area (Å²) in [6.07, 6.45) is 2.72. The molecule has 2 heterocycles. The molecule has 1 aliphatic rings. The molecule has 1 aromatic rings. The van der Waals surface area contributed by atoms with Crippen molar-refractivity contribution >= 4 is 5.97 Å². The van der Waals surface area contributed by atoms with E-state index in [0.717, 1.165) is 26.2 Å². The van der Waals surface area contributed by atoms with Gasteiger partial charge in [-0.3, -0.25) is 4.90 Å². The minimum atomic E-state index is -0.990. The molecule has 92 valence electrons. The number of hydrogen-bond donors (Lipinski definition) is 1. The Kier molecular flexibility index (Phi) is 3.65. The molecule has 6 heteroatoms. The Labute approximate surface area is 99.9 Å². The van der Waals surface area contributed by atoms with E-state index in [-0.39, 0.29) is 5.56 Å². The zero-order valence-electron chi connectivity index (χ0n) is 9.83. The first-order valence-electron chi connectivity index (χ1n) is 5.60. The van der Waals surface area contributed by atoms with E-state index in [1.165, 1.54) is 12.4 Å². The van der Waals surface area contributed by atoms with E-state index in [0.29, 0.717) is 12.4 Å². The Morgan fingerprint density at radius 3 is 2.41 bits per heavy atom. The van der Waals surface area contributed by atoms with Crippen molar-refractivity contribution in [2.45, 2.75) is 6.54 Å².